The smallest absolute Gasteiger partial charge is 0.265 e. The van der Waals surface area contributed by atoms with Crippen LogP contribution in [0.25, 0.3) is 10.8 Å². The lowest BCUT2D eigenvalue weighted by Crippen LogP contribution is -2.00. The molecule has 5 heteroatoms. The van der Waals surface area contributed by atoms with Crippen molar-refractivity contribution in [2.45, 2.75) is 11.8 Å². The molecule has 0 aromatic heterocycles. The Morgan fingerprint density at radius 1 is 1.18 bits per heavy atom. The fourth-order valence-electron chi connectivity index (χ4n) is 1.74. The van der Waals surface area contributed by atoms with Gasteiger partial charge in [0.15, 0.2) is 0 Å². The van der Waals surface area contributed by atoms with Crippen molar-refractivity contribution < 1.29 is 13.2 Å². The van der Waals surface area contributed by atoms with Crippen LogP contribution in [0.15, 0.2) is 41.3 Å². The third kappa shape index (κ3) is 2.37. The summed E-state index contributed by atoms with van der Waals surface area (Å²) in [5.41, 5.74) is 0. The van der Waals surface area contributed by atoms with E-state index in [-0.39, 0.29) is 4.90 Å². The highest BCUT2D eigenvalue weighted by Gasteiger charge is 2.20. The van der Waals surface area contributed by atoms with E-state index < -0.39 is 9.05 Å². The molecule has 17 heavy (non-hydrogen) atoms. The predicted octanol–water partition coefficient (Wildman–Crippen LogP) is 3.17. The van der Waals surface area contributed by atoms with Gasteiger partial charge >= 0.3 is 0 Å². The molecule has 2 aromatic rings. The van der Waals surface area contributed by atoms with Crippen LogP contribution in [0.2, 0.25) is 0 Å². The predicted molar refractivity (Wildman–Crippen MR) is 68.2 cm³/mol. The van der Waals surface area contributed by atoms with Crippen molar-refractivity contribution >= 4 is 30.5 Å². The highest BCUT2D eigenvalue weighted by molar-refractivity contribution is 8.14. The number of hydrogen-bond acceptors (Lipinski definition) is 3. The van der Waals surface area contributed by atoms with Crippen LogP contribution in [0.5, 0.6) is 5.75 Å². The molecule has 0 amide bonds. The Bertz CT molecular complexity index is 650. The molecule has 2 rings (SSSR count). The van der Waals surface area contributed by atoms with Crippen LogP contribution >= 0.6 is 10.7 Å². The summed E-state index contributed by atoms with van der Waals surface area (Å²) in [5.74, 6) is 0.293. The first-order valence-electron chi connectivity index (χ1n) is 5.13. The molecule has 0 N–H and O–H groups in total. The summed E-state index contributed by atoms with van der Waals surface area (Å²) in [6, 6.07) is 10.6. The number of fused-ring (bicyclic) bond motifs is 1. The molecule has 0 radical (unpaired) electrons. The van der Waals surface area contributed by atoms with Gasteiger partial charge in [-0.3, -0.25) is 0 Å². The van der Waals surface area contributed by atoms with Crippen molar-refractivity contribution in [1.29, 1.82) is 0 Å². The van der Waals surface area contributed by atoms with Crippen molar-refractivity contribution in [2.24, 2.45) is 0 Å². The number of ether oxygens (including phenoxy) is 1. The minimum absolute atomic E-state index is 0.0408. The lowest BCUT2D eigenvalue weighted by molar-refractivity contribution is 0.332. The molecule has 0 bridgehead atoms. The zero-order chi connectivity index (χ0) is 12.5. The largest absolute Gasteiger partial charge is 0.492 e. The zero-order valence-electron chi connectivity index (χ0n) is 9.18. The van der Waals surface area contributed by atoms with Crippen LogP contribution < -0.4 is 4.74 Å². The minimum atomic E-state index is -3.84. The number of halogens is 1. The number of hydrogen-bond donors (Lipinski definition) is 0. The van der Waals surface area contributed by atoms with Crippen molar-refractivity contribution in [3.8, 4) is 5.75 Å². The third-order valence-electron chi connectivity index (χ3n) is 2.39. The Morgan fingerprint density at radius 3 is 2.53 bits per heavy atom. The SMILES string of the molecule is CCOc1ccc2ccccc2c1S(=O)(=O)Cl. The van der Waals surface area contributed by atoms with Crippen LogP contribution in [-0.2, 0) is 9.05 Å². The Labute approximate surface area is 104 Å². The fourth-order valence-corrected chi connectivity index (χ4v) is 3.04. The van der Waals surface area contributed by atoms with Gasteiger partial charge in [-0.15, -0.1) is 0 Å². The third-order valence-corrected chi connectivity index (χ3v) is 3.76. The molecule has 0 heterocycles. The Balaban J connectivity index is 2.85. The van der Waals surface area contributed by atoms with Crippen LogP contribution in [0.4, 0.5) is 0 Å². The van der Waals surface area contributed by atoms with E-state index in [0.717, 1.165) is 5.39 Å². The minimum Gasteiger partial charge on any atom is -0.492 e. The van der Waals surface area contributed by atoms with E-state index in [1.165, 1.54) is 0 Å². The highest BCUT2D eigenvalue weighted by Crippen LogP contribution is 2.34. The molecule has 0 aliphatic carbocycles. The summed E-state index contributed by atoms with van der Waals surface area (Å²) >= 11 is 0. The van der Waals surface area contributed by atoms with Gasteiger partial charge in [0, 0.05) is 16.1 Å². The monoisotopic (exact) mass is 270 g/mol. The maximum absolute atomic E-state index is 11.6. The van der Waals surface area contributed by atoms with E-state index in [0.29, 0.717) is 17.7 Å². The molecule has 3 nitrogen and oxygen atoms in total. The molecule has 0 unspecified atom stereocenters. The summed E-state index contributed by atoms with van der Waals surface area (Å²) in [6.07, 6.45) is 0. The second-order valence-electron chi connectivity index (χ2n) is 3.48. The molecule has 0 aliphatic rings. The van der Waals surface area contributed by atoms with Crippen molar-refractivity contribution in [1.82, 2.24) is 0 Å². The quantitative estimate of drug-likeness (QED) is 0.805. The Kier molecular flexibility index (Phi) is 3.26. The standard InChI is InChI=1S/C12H11ClO3S/c1-2-16-11-8-7-9-5-3-4-6-10(9)12(11)17(13,14)15/h3-8H,2H2,1H3. The molecule has 0 atom stereocenters. The molecule has 0 saturated heterocycles. The second kappa shape index (κ2) is 4.55. The molecule has 2 aromatic carbocycles. The molecule has 0 fully saturated rings. The summed E-state index contributed by atoms with van der Waals surface area (Å²) in [7, 11) is 1.64. The van der Waals surface area contributed by atoms with E-state index in [1.807, 2.05) is 18.2 Å². The van der Waals surface area contributed by atoms with Gasteiger partial charge in [-0.25, -0.2) is 8.42 Å². The highest BCUT2D eigenvalue weighted by atomic mass is 35.7. The zero-order valence-corrected chi connectivity index (χ0v) is 10.8. The van der Waals surface area contributed by atoms with E-state index >= 15 is 0 Å². The van der Waals surface area contributed by atoms with Gasteiger partial charge in [-0.2, -0.15) is 0 Å². The normalized spacial score (nSPS) is 11.6. The van der Waals surface area contributed by atoms with E-state index in [4.69, 9.17) is 15.4 Å². The van der Waals surface area contributed by atoms with Crippen molar-refractivity contribution in [3.05, 3.63) is 36.4 Å². The van der Waals surface area contributed by atoms with Gasteiger partial charge in [-0.1, -0.05) is 30.3 Å². The van der Waals surface area contributed by atoms with Crippen LogP contribution in [0.1, 0.15) is 6.92 Å². The molecular weight excluding hydrogens is 260 g/mol. The van der Waals surface area contributed by atoms with Gasteiger partial charge in [0.25, 0.3) is 9.05 Å². The van der Waals surface area contributed by atoms with Crippen molar-refractivity contribution in [2.75, 3.05) is 6.61 Å². The maximum Gasteiger partial charge on any atom is 0.265 e. The molecule has 0 aliphatic heterocycles. The van der Waals surface area contributed by atoms with Crippen LogP contribution in [-0.4, -0.2) is 15.0 Å². The Hall–Kier alpha value is -1.26. The van der Waals surface area contributed by atoms with Gasteiger partial charge in [0.2, 0.25) is 0 Å². The van der Waals surface area contributed by atoms with E-state index in [2.05, 4.69) is 0 Å². The topological polar surface area (TPSA) is 43.4 Å². The van der Waals surface area contributed by atoms with Crippen LogP contribution in [0, 0.1) is 0 Å². The van der Waals surface area contributed by atoms with Gasteiger partial charge in [-0.05, 0) is 18.4 Å². The maximum atomic E-state index is 11.6. The van der Waals surface area contributed by atoms with Crippen LogP contribution in [0.3, 0.4) is 0 Å². The summed E-state index contributed by atoms with van der Waals surface area (Å²) in [5, 5.41) is 1.39. The van der Waals surface area contributed by atoms with Gasteiger partial charge in [0.05, 0.1) is 6.61 Å². The van der Waals surface area contributed by atoms with Crippen molar-refractivity contribution in [3.63, 3.8) is 0 Å². The van der Waals surface area contributed by atoms with Gasteiger partial charge in [0.1, 0.15) is 10.6 Å². The summed E-state index contributed by atoms with van der Waals surface area (Å²) < 4.78 is 28.6. The average molecular weight is 271 g/mol. The first-order valence-corrected chi connectivity index (χ1v) is 7.44. The lowest BCUT2D eigenvalue weighted by atomic mass is 10.1. The summed E-state index contributed by atoms with van der Waals surface area (Å²) in [4.78, 5) is 0.0408. The Morgan fingerprint density at radius 2 is 1.88 bits per heavy atom. The van der Waals surface area contributed by atoms with E-state index in [1.54, 1.807) is 25.1 Å². The molecule has 90 valence electrons. The molecule has 0 saturated carbocycles. The first-order chi connectivity index (χ1) is 8.04. The van der Waals surface area contributed by atoms with E-state index in [9.17, 15) is 8.42 Å². The molecule has 0 spiro atoms. The van der Waals surface area contributed by atoms with Gasteiger partial charge < -0.3 is 4.74 Å². The average Bonchev–Trinajstić information content (AvgIpc) is 2.27. The summed E-state index contributed by atoms with van der Waals surface area (Å²) in [6.45, 7) is 2.18. The first kappa shape index (κ1) is 12.2. The number of rotatable bonds is 3. The second-order valence-corrected chi connectivity index (χ2v) is 5.99. The molecular formula is C12H11ClO3S. The fraction of sp³-hybridized carbons (Fsp3) is 0.167. The number of benzene rings is 2. The lowest BCUT2D eigenvalue weighted by Gasteiger charge is -2.10.